The number of carbonyl (C=O) groups excluding carboxylic acids is 1. The standard InChI is InChI=1S/C19H25NO2/c21-17-11-6-10-16(17)18(22)20-13-15-9-4-5-12-19(15,20)14-7-2-1-3-8-14/h1-3,7-8,15-17,21H,4-6,9-13H2. The van der Waals surface area contributed by atoms with Gasteiger partial charge in [0.15, 0.2) is 0 Å². The SMILES string of the molecule is O=C(C1CCCC1O)N1CC2CCCCC21c1ccccc1. The summed E-state index contributed by atoms with van der Waals surface area (Å²) in [5.41, 5.74) is 1.21. The lowest BCUT2D eigenvalue weighted by Gasteiger charge is -2.62. The summed E-state index contributed by atoms with van der Waals surface area (Å²) in [5.74, 6) is 0.640. The van der Waals surface area contributed by atoms with Crippen LogP contribution in [0.15, 0.2) is 30.3 Å². The molecule has 22 heavy (non-hydrogen) atoms. The molecule has 1 N–H and O–H groups in total. The molecule has 4 unspecified atom stereocenters. The van der Waals surface area contributed by atoms with Crippen LogP contribution in [0, 0.1) is 11.8 Å². The Labute approximate surface area is 132 Å². The van der Waals surface area contributed by atoms with Gasteiger partial charge in [0.25, 0.3) is 0 Å². The normalized spacial score (nSPS) is 37.5. The molecule has 1 amide bonds. The summed E-state index contributed by atoms with van der Waals surface area (Å²) >= 11 is 0. The monoisotopic (exact) mass is 299 g/mol. The lowest BCUT2D eigenvalue weighted by Crippen LogP contribution is -2.68. The van der Waals surface area contributed by atoms with Crippen LogP contribution in [0.5, 0.6) is 0 Å². The molecule has 1 aromatic carbocycles. The molecule has 1 heterocycles. The third-order valence-corrected chi connectivity index (χ3v) is 6.26. The van der Waals surface area contributed by atoms with Gasteiger partial charge in [-0.25, -0.2) is 0 Å². The Kier molecular flexibility index (Phi) is 3.48. The van der Waals surface area contributed by atoms with Gasteiger partial charge in [-0.15, -0.1) is 0 Å². The molecule has 0 aromatic heterocycles. The van der Waals surface area contributed by atoms with Crippen LogP contribution in [0.4, 0.5) is 0 Å². The zero-order valence-electron chi connectivity index (χ0n) is 13.1. The van der Waals surface area contributed by atoms with E-state index in [9.17, 15) is 9.90 Å². The first kappa shape index (κ1) is 14.3. The van der Waals surface area contributed by atoms with E-state index in [-0.39, 0.29) is 17.4 Å². The largest absolute Gasteiger partial charge is 0.392 e. The molecule has 1 aromatic rings. The number of aliphatic hydroxyl groups excluding tert-OH is 1. The maximum Gasteiger partial charge on any atom is 0.229 e. The molecule has 3 nitrogen and oxygen atoms in total. The molecule has 1 aliphatic heterocycles. The molecule has 2 saturated carbocycles. The predicted octanol–water partition coefficient (Wildman–Crippen LogP) is 3.08. The van der Waals surface area contributed by atoms with E-state index in [1.54, 1.807) is 0 Å². The molecule has 2 aliphatic carbocycles. The fourth-order valence-electron chi connectivity index (χ4n) is 5.07. The Bertz CT molecular complexity index is 558. The first-order chi connectivity index (χ1) is 10.7. The Balaban J connectivity index is 1.66. The van der Waals surface area contributed by atoms with Gasteiger partial charge in [-0.2, -0.15) is 0 Å². The van der Waals surface area contributed by atoms with Crippen LogP contribution in [0.1, 0.15) is 50.5 Å². The fraction of sp³-hybridized carbons (Fsp3) is 0.632. The van der Waals surface area contributed by atoms with Gasteiger partial charge >= 0.3 is 0 Å². The lowest BCUT2D eigenvalue weighted by atomic mass is 9.61. The highest BCUT2D eigenvalue weighted by atomic mass is 16.3. The van der Waals surface area contributed by atoms with Crippen molar-refractivity contribution in [1.29, 1.82) is 0 Å². The van der Waals surface area contributed by atoms with E-state index in [4.69, 9.17) is 0 Å². The van der Waals surface area contributed by atoms with Crippen LogP contribution in [0.3, 0.4) is 0 Å². The second-order valence-electron chi connectivity index (χ2n) is 7.29. The first-order valence-corrected chi connectivity index (χ1v) is 8.78. The second-order valence-corrected chi connectivity index (χ2v) is 7.29. The highest BCUT2D eigenvalue weighted by molar-refractivity contribution is 5.82. The average Bonchev–Trinajstić information content (AvgIpc) is 2.95. The van der Waals surface area contributed by atoms with Gasteiger partial charge in [-0.05, 0) is 37.7 Å². The number of rotatable bonds is 2. The van der Waals surface area contributed by atoms with Crippen molar-refractivity contribution < 1.29 is 9.90 Å². The lowest BCUT2D eigenvalue weighted by molar-refractivity contribution is -0.173. The molecular formula is C19H25NO2. The van der Waals surface area contributed by atoms with Crippen LogP contribution in [-0.2, 0) is 10.3 Å². The van der Waals surface area contributed by atoms with Crippen LogP contribution < -0.4 is 0 Å². The number of carbonyl (C=O) groups is 1. The molecule has 4 rings (SSSR count). The minimum Gasteiger partial charge on any atom is -0.392 e. The number of fused-ring (bicyclic) bond motifs is 1. The second kappa shape index (κ2) is 5.38. The topological polar surface area (TPSA) is 40.5 Å². The van der Waals surface area contributed by atoms with Crippen molar-refractivity contribution in [2.75, 3.05) is 6.54 Å². The van der Waals surface area contributed by atoms with Crippen molar-refractivity contribution in [1.82, 2.24) is 4.90 Å². The third kappa shape index (κ3) is 1.95. The van der Waals surface area contributed by atoms with E-state index in [0.29, 0.717) is 5.92 Å². The van der Waals surface area contributed by atoms with Gasteiger partial charge in [0.1, 0.15) is 0 Å². The minimum absolute atomic E-state index is 0.0844. The molecule has 3 aliphatic rings. The molecule has 3 fully saturated rings. The van der Waals surface area contributed by atoms with Gasteiger partial charge in [0.2, 0.25) is 5.91 Å². The highest BCUT2D eigenvalue weighted by Gasteiger charge is 2.58. The molecule has 4 atom stereocenters. The van der Waals surface area contributed by atoms with Crippen LogP contribution in [0.25, 0.3) is 0 Å². The Morgan fingerprint density at radius 2 is 1.91 bits per heavy atom. The zero-order chi connectivity index (χ0) is 15.2. The van der Waals surface area contributed by atoms with Crippen molar-refractivity contribution in [2.45, 2.75) is 56.6 Å². The number of aliphatic hydroxyl groups is 1. The maximum absolute atomic E-state index is 13.0. The summed E-state index contributed by atoms with van der Waals surface area (Å²) in [4.78, 5) is 15.2. The Hall–Kier alpha value is -1.35. The van der Waals surface area contributed by atoms with Crippen molar-refractivity contribution in [2.24, 2.45) is 11.8 Å². The minimum atomic E-state index is -0.428. The molecule has 0 bridgehead atoms. The fourth-order valence-corrected chi connectivity index (χ4v) is 5.07. The summed E-state index contributed by atoms with van der Waals surface area (Å²) in [7, 11) is 0. The Morgan fingerprint density at radius 1 is 1.09 bits per heavy atom. The van der Waals surface area contributed by atoms with Crippen molar-refractivity contribution >= 4 is 5.91 Å². The third-order valence-electron chi connectivity index (χ3n) is 6.26. The van der Waals surface area contributed by atoms with Crippen molar-refractivity contribution in [3.8, 4) is 0 Å². The molecule has 1 saturated heterocycles. The van der Waals surface area contributed by atoms with Gasteiger partial charge in [-0.1, -0.05) is 43.2 Å². The average molecular weight is 299 g/mol. The predicted molar refractivity (Wildman–Crippen MR) is 85.1 cm³/mol. The van der Waals surface area contributed by atoms with E-state index in [1.165, 1.54) is 24.8 Å². The van der Waals surface area contributed by atoms with Crippen molar-refractivity contribution in [3.05, 3.63) is 35.9 Å². The zero-order valence-corrected chi connectivity index (χ0v) is 13.1. The summed E-state index contributed by atoms with van der Waals surface area (Å²) in [5, 5.41) is 10.1. The molecule has 0 spiro atoms. The smallest absolute Gasteiger partial charge is 0.229 e. The van der Waals surface area contributed by atoms with E-state index < -0.39 is 6.10 Å². The number of nitrogens with zero attached hydrogens (tertiary/aromatic N) is 1. The number of amides is 1. The molecular weight excluding hydrogens is 274 g/mol. The van der Waals surface area contributed by atoms with E-state index >= 15 is 0 Å². The summed E-state index contributed by atoms with van der Waals surface area (Å²) < 4.78 is 0. The molecule has 118 valence electrons. The molecule has 0 radical (unpaired) electrons. The summed E-state index contributed by atoms with van der Waals surface area (Å²) in [6, 6.07) is 10.6. The van der Waals surface area contributed by atoms with Gasteiger partial charge < -0.3 is 10.0 Å². The first-order valence-electron chi connectivity index (χ1n) is 8.78. The Morgan fingerprint density at radius 3 is 2.59 bits per heavy atom. The number of hydrogen-bond donors (Lipinski definition) is 1. The summed E-state index contributed by atoms with van der Waals surface area (Å²) in [6.45, 7) is 0.886. The van der Waals surface area contributed by atoms with Crippen molar-refractivity contribution in [3.63, 3.8) is 0 Å². The van der Waals surface area contributed by atoms with Gasteiger partial charge in [-0.3, -0.25) is 4.79 Å². The van der Waals surface area contributed by atoms with Gasteiger partial charge in [0, 0.05) is 12.5 Å². The number of benzene rings is 1. The van der Waals surface area contributed by atoms with Crippen LogP contribution >= 0.6 is 0 Å². The quantitative estimate of drug-likeness (QED) is 0.911. The maximum atomic E-state index is 13.0. The number of hydrogen-bond acceptors (Lipinski definition) is 2. The van der Waals surface area contributed by atoms with E-state index in [1.807, 2.05) is 6.07 Å². The van der Waals surface area contributed by atoms with Gasteiger partial charge in [0.05, 0.1) is 17.6 Å². The number of likely N-dealkylation sites (tertiary alicyclic amines) is 1. The highest BCUT2D eigenvalue weighted by Crippen LogP contribution is 2.54. The van der Waals surface area contributed by atoms with E-state index in [2.05, 4.69) is 29.2 Å². The van der Waals surface area contributed by atoms with Crippen LogP contribution in [0.2, 0.25) is 0 Å². The van der Waals surface area contributed by atoms with Crippen LogP contribution in [-0.4, -0.2) is 28.6 Å². The molecule has 3 heteroatoms. The van der Waals surface area contributed by atoms with E-state index in [0.717, 1.165) is 32.2 Å². The summed E-state index contributed by atoms with van der Waals surface area (Å²) in [6.07, 6.45) is 6.98.